The molecule has 0 bridgehead atoms. The molecule has 0 unspecified atom stereocenters. The molecule has 0 fully saturated rings. The average molecular weight is 884 g/mol. The molecule has 0 aromatic carbocycles. The van der Waals surface area contributed by atoms with Crippen LogP contribution in [0.5, 0.6) is 0 Å². The van der Waals surface area contributed by atoms with Gasteiger partial charge in [-0.25, -0.2) is 0 Å². The lowest BCUT2D eigenvalue weighted by atomic mass is 10.0. The lowest BCUT2D eigenvalue weighted by Gasteiger charge is -2.11. The van der Waals surface area contributed by atoms with Crippen LogP contribution in [0, 0.1) is 0 Å². The van der Waals surface area contributed by atoms with E-state index < -0.39 is 0 Å². The van der Waals surface area contributed by atoms with E-state index in [0.29, 0.717) is 0 Å². The second-order valence-electron chi connectivity index (χ2n) is 21.1. The molecular weight excluding hydrogens is 761 g/mol. The van der Waals surface area contributed by atoms with Crippen molar-refractivity contribution in [3.05, 3.63) is 24.7 Å². The molecular formula is C62H122O. The molecule has 0 aliphatic rings. The minimum Gasteiger partial charge on any atom is -0.467 e. The average Bonchev–Trinajstić information content (AvgIpc) is 3.28. The topological polar surface area (TPSA) is 9.23 Å². The Morgan fingerprint density at radius 2 is 0.302 bits per heavy atom. The maximum Gasteiger partial charge on any atom is 0.0964 e. The monoisotopic (exact) mass is 883 g/mol. The fourth-order valence-electron chi connectivity index (χ4n) is 9.94. The van der Waals surface area contributed by atoms with Crippen LogP contribution >= 0.6 is 0 Å². The molecule has 1 heteroatoms. The fourth-order valence-corrected chi connectivity index (χ4v) is 9.94. The molecule has 376 valence electrons. The number of hydrogen-bond acceptors (Lipinski definition) is 1. The molecule has 0 aromatic rings. The summed E-state index contributed by atoms with van der Waals surface area (Å²) in [6.07, 6.45) is 80.0. The summed E-state index contributed by atoms with van der Waals surface area (Å²) in [5, 5.41) is 0. The number of rotatable bonds is 58. The van der Waals surface area contributed by atoms with Crippen LogP contribution in [0.15, 0.2) is 24.7 Å². The summed E-state index contributed by atoms with van der Waals surface area (Å²) >= 11 is 0. The largest absolute Gasteiger partial charge is 0.467 e. The first-order chi connectivity index (χ1) is 31.2. The number of hydrogen-bond donors (Lipinski definition) is 0. The lowest BCUT2D eigenvalue weighted by molar-refractivity contribution is 0.274. The van der Waals surface area contributed by atoms with Gasteiger partial charge in [-0.15, -0.1) is 0 Å². The van der Waals surface area contributed by atoms with Gasteiger partial charge in [-0.2, -0.15) is 0 Å². The molecule has 63 heavy (non-hydrogen) atoms. The van der Waals surface area contributed by atoms with E-state index in [1.54, 1.807) is 0 Å². The molecule has 0 saturated carbocycles. The van der Waals surface area contributed by atoms with E-state index in [-0.39, 0.29) is 0 Å². The molecule has 0 atom stereocenters. The molecule has 0 saturated heterocycles. The second-order valence-corrected chi connectivity index (χ2v) is 21.1. The molecule has 0 spiro atoms. The van der Waals surface area contributed by atoms with Crippen LogP contribution in [0.4, 0.5) is 0 Å². The number of ether oxygens (including phenoxy) is 1. The van der Waals surface area contributed by atoms with E-state index in [4.69, 9.17) is 4.74 Å². The third kappa shape index (κ3) is 57.3. The van der Waals surface area contributed by atoms with Crippen LogP contribution < -0.4 is 0 Å². The summed E-state index contributed by atoms with van der Waals surface area (Å²) in [6.45, 7) is 13.0. The predicted molar refractivity (Wildman–Crippen MR) is 289 cm³/mol. The Bertz CT molecular complexity index is 774. The first-order valence-electron chi connectivity index (χ1n) is 30.2. The zero-order chi connectivity index (χ0) is 45.5. The zero-order valence-corrected chi connectivity index (χ0v) is 44.4. The Hall–Kier alpha value is -0.720. The van der Waals surface area contributed by atoms with Gasteiger partial charge in [-0.05, 0) is 12.8 Å². The summed E-state index contributed by atoms with van der Waals surface area (Å²) in [7, 11) is 0. The van der Waals surface area contributed by atoms with Crippen molar-refractivity contribution in [2.75, 3.05) is 0 Å². The van der Waals surface area contributed by atoms with Crippen molar-refractivity contribution in [3.8, 4) is 0 Å². The molecule has 1 nitrogen and oxygen atoms in total. The predicted octanol–water partition coefficient (Wildman–Crippen LogP) is 23.9. The van der Waals surface area contributed by atoms with E-state index in [0.717, 1.165) is 24.4 Å². The van der Waals surface area contributed by atoms with E-state index in [9.17, 15) is 0 Å². The maximum absolute atomic E-state index is 5.98. The molecule has 0 aliphatic heterocycles. The van der Waals surface area contributed by atoms with E-state index in [2.05, 4.69) is 27.0 Å². The van der Waals surface area contributed by atoms with Gasteiger partial charge in [-0.1, -0.05) is 361 Å². The van der Waals surface area contributed by atoms with Crippen molar-refractivity contribution < 1.29 is 4.74 Å². The summed E-state index contributed by atoms with van der Waals surface area (Å²) in [5.41, 5.74) is 0. The van der Waals surface area contributed by atoms with Gasteiger partial charge in [0.15, 0.2) is 0 Å². The van der Waals surface area contributed by atoms with E-state index in [1.807, 2.05) is 0 Å². The van der Waals surface area contributed by atoms with Gasteiger partial charge >= 0.3 is 0 Å². The Morgan fingerprint density at radius 3 is 0.429 bits per heavy atom. The standard InChI is InChI=1S/C62H122O/c1-5-7-9-11-13-15-17-19-21-23-25-27-29-31-33-35-37-39-41-43-45-47-49-51-53-55-57-59-61(3)63-62(4)60-58-56-54-52-50-48-46-44-42-40-38-36-34-32-30-28-26-24-22-20-18-16-14-12-10-8-6-2/h3-60H2,1-2H3. The quantitative estimate of drug-likeness (QED) is 0.0437. The SMILES string of the molecule is C=C(CCCCCCCCCCCCCCCCCCCCCCCCCCCCC)OC(=C)CCCCCCCCCCCCCCCCCCCCCCCCCCCCC. The van der Waals surface area contributed by atoms with Crippen LogP contribution in [-0.4, -0.2) is 0 Å². The smallest absolute Gasteiger partial charge is 0.0964 e. The lowest BCUT2D eigenvalue weighted by Crippen LogP contribution is -1.93. The van der Waals surface area contributed by atoms with Gasteiger partial charge in [0.1, 0.15) is 0 Å². The van der Waals surface area contributed by atoms with Gasteiger partial charge in [0.2, 0.25) is 0 Å². The maximum atomic E-state index is 5.98. The summed E-state index contributed by atoms with van der Waals surface area (Å²) < 4.78 is 5.98. The molecule has 0 heterocycles. The highest BCUT2D eigenvalue weighted by Gasteiger charge is 2.03. The van der Waals surface area contributed by atoms with Crippen molar-refractivity contribution in [2.45, 2.75) is 373 Å². The van der Waals surface area contributed by atoms with Crippen LogP contribution in [0.3, 0.4) is 0 Å². The van der Waals surface area contributed by atoms with Crippen molar-refractivity contribution in [3.63, 3.8) is 0 Å². The van der Waals surface area contributed by atoms with Gasteiger partial charge in [0.25, 0.3) is 0 Å². The minimum absolute atomic E-state index is 0.935. The normalized spacial score (nSPS) is 11.5. The second kappa shape index (κ2) is 57.4. The van der Waals surface area contributed by atoms with Crippen molar-refractivity contribution in [1.82, 2.24) is 0 Å². The van der Waals surface area contributed by atoms with Crippen LogP contribution in [0.2, 0.25) is 0 Å². The molecule has 0 radical (unpaired) electrons. The Morgan fingerprint density at radius 1 is 0.190 bits per heavy atom. The third-order valence-corrected chi connectivity index (χ3v) is 14.4. The van der Waals surface area contributed by atoms with Crippen LogP contribution in [0.1, 0.15) is 373 Å². The van der Waals surface area contributed by atoms with E-state index in [1.165, 1.54) is 347 Å². The Balaban J connectivity index is 3.22. The van der Waals surface area contributed by atoms with Crippen molar-refractivity contribution >= 4 is 0 Å². The Kier molecular flexibility index (Phi) is 56.8. The summed E-state index contributed by atoms with van der Waals surface area (Å²) in [4.78, 5) is 0. The minimum atomic E-state index is 0.935. The Labute approximate surface area is 401 Å². The molecule has 0 aromatic heterocycles. The van der Waals surface area contributed by atoms with Crippen LogP contribution in [0.25, 0.3) is 0 Å². The van der Waals surface area contributed by atoms with E-state index >= 15 is 0 Å². The fraction of sp³-hybridized carbons (Fsp3) is 0.935. The van der Waals surface area contributed by atoms with Gasteiger partial charge in [0.05, 0.1) is 11.5 Å². The van der Waals surface area contributed by atoms with Crippen LogP contribution in [-0.2, 0) is 4.74 Å². The van der Waals surface area contributed by atoms with Gasteiger partial charge in [-0.3, -0.25) is 0 Å². The molecule has 0 rings (SSSR count). The highest BCUT2D eigenvalue weighted by molar-refractivity contribution is 4.93. The van der Waals surface area contributed by atoms with Gasteiger partial charge in [0, 0.05) is 12.8 Å². The third-order valence-electron chi connectivity index (χ3n) is 14.4. The summed E-state index contributed by atoms with van der Waals surface area (Å²) in [6, 6.07) is 0. The molecule has 0 amide bonds. The zero-order valence-electron chi connectivity index (χ0n) is 44.4. The molecule has 0 aliphatic carbocycles. The van der Waals surface area contributed by atoms with Crippen molar-refractivity contribution in [2.24, 2.45) is 0 Å². The highest BCUT2D eigenvalue weighted by Crippen LogP contribution is 2.21. The number of unbranched alkanes of at least 4 members (excludes halogenated alkanes) is 52. The van der Waals surface area contributed by atoms with Gasteiger partial charge < -0.3 is 4.74 Å². The first kappa shape index (κ1) is 62.3. The highest BCUT2D eigenvalue weighted by atomic mass is 16.5. The molecule has 0 N–H and O–H groups in total. The van der Waals surface area contributed by atoms with Crippen molar-refractivity contribution in [1.29, 1.82) is 0 Å². The first-order valence-corrected chi connectivity index (χ1v) is 30.2. The number of allylic oxidation sites excluding steroid dienone is 2. The summed E-state index contributed by atoms with van der Waals surface area (Å²) in [5.74, 6) is 1.87.